The summed E-state index contributed by atoms with van der Waals surface area (Å²) >= 11 is 0. The summed E-state index contributed by atoms with van der Waals surface area (Å²) in [5, 5.41) is 3.42. The normalized spacial score (nSPS) is 12.5. The Morgan fingerprint density at radius 3 is 2.32 bits per heavy atom. The smallest absolute Gasteiger partial charge is 0.0594 e. The van der Waals surface area contributed by atoms with Gasteiger partial charge < -0.3 is 5.32 Å². The zero-order valence-corrected chi connectivity index (χ0v) is 12.4. The lowest BCUT2D eigenvalue weighted by molar-refractivity contribution is 0.677. The Morgan fingerprint density at radius 2 is 1.68 bits per heavy atom. The van der Waals surface area contributed by atoms with Gasteiger partial charge in [-0.2, -0.15) is 0 Å². The molecule has 0 aliphatic carbocycles. The quantitative estimate of drug-likeness (QED) is 0.905. The SMILES string of the molecule is CNC(c1ccc(C)nc1C)c1cccc(C)c1C. The van der Waals surface area contributed by atoms with E-state index in [1.54, 1.807) is 0 Å². The molecule has 2 rings (SSSR count). The van der Waals surface area contributed by atoms with Crippen molar-refractivity contribution >= 4 is 0 Å². The highest BCUT2D eigenvalue weighted by Crippen LogP contribution is 2.27. The van der Waals surface area contributed by atoms with E-state index in [-0.39, 0.29) is 6.04 Å². The maximum absolute atomic E-state index is 4.58. The van der Waals surface area contributed by atoms with Crippen molar-refractivity contribution in [2.24, 2.45) is 0 Å². The van der Waals surface area contributed by atoms with E-state index in [0.717, 1.165) is 11.4 Å². The van der Waals surface area contributed by atoms with Crippen LogP contribution in [0.1, 0.15) is 39.7 Å². The predicted octanol–water partition coefficient (Wildman–Crippen LogP) is 3.62. The lowest BCUT2D eigenvalue weighted by Gasteiger charge is -2.22. The molecule has 1 unspecified atom stereocenters. The Morgan fingerprint density at radius 1 is 0.947 bits per heavy atom. The van der Waals surface area contributed by atoms with Gasteiger partial charge in [0, 0.05) is 11.4 Å². The van der Waals surface area contributed by atoms with Gasteiger partial charge in [0.25, 0.3) is 0 Å². The van der Waals surface area contributed by atoms with Gasteiger partial charge in [0.1, 0.15) is 0 Å². The predicted molar refractivity (Wildman–Crippen MR) is 80.5 cm³/mol. The molecule has 2 nitrogen and oxygen atoms in total. The lowest BCUT2D eigenvalue weighted by Crippen LogP contribution is -2.20. The second kappa shape index (κ2) is 5.54. The van der Waals surface area contributed by atoms with Crippen LogP contribution >= 0.6 is 0 Å². The third-order valence-corrected chi connectivity index (χ3v) is 3.82. The molecule has 0 fully saturated rings. The van der Waals surface area contributed by atoms with Crippen molar-refractivity contribution in [3.8, 4) is 0 Å². The largest absolute Gasteiger partial charge is 0.309 e. The zero-order chi connectivity index (χ0) is 14.0. The maximum atomic E-state index is 4.58. The van der Waals surface area contributed by atoms with Crippen LogP contribution < -0.4 is 5.32 Å². The highest BCUT2D eigenvalue weighted by molar-refractivity contribution is 5.41. The van der Waals surface area contributed by atoms with Crippen LogP contribution in [0.15, 0.2) is 30.3 Å². The van der Waals surface area contributed by atoms with Gasteiger partial charge in [-0.25, -0.2) is 0 Å². The molecule has 0 saturated heterocycles. The van der Waals surface area contributed by atoms with E-state index in [4.69, 9.17) is 0 Å². The van der Waals surface area contributed by atoms with E-state index in [1.807, 2.05) is 14.0 Å². The minimum atomic E-state index is 0.202. The average Bonchev–Trinajstić information content (AvgIpc) is 2.37. The Balaban J connectivity index is 2.53. The number of nitrogens with one attached hydrogen (secondary N) is 1. The van der Waals surface area contributed by atoms with Crippen molar-refractivity contribution in [2.45, 2.75) is 33.7 Å². The second-order valence-corrected chi connectivity index (χ2v) is 5.14. The van der Waals surface area contributed by atoms with Gasteiger partial charge in [-0.05, 0) is 63.1 Å². The molecule has 0 aliphatic heterocycles. The molecule has 100 valence electrons. The monoisotopic (exact) mass is 254 g/mol. The first-order valence-electron chi connectivity index (χ1n) is 6.72. The maximum Gasteiger partial charge on any atom is 0.0594 e. The van der Waals surface area contributed by atoms with Gasteiger partial charge in [0.2, 0.25) is 0 Å². The molecule has 0 saturated carbocycles. The molecule has 1 heterocycles. The van der Waals surface area contributed by atoms with E-state index in [1.165, 1.54) is 22.3 Å². The molecule has 1 N–H and O–H groups in total. The van der Waals surface area contributed by atoms with Crippen molar-refractivity contribution in [3.63, 3.8) is 0 Å². The fourth-order valence-corrected chi connectivity index (χ4v) is 2.57. The molecule has 2 heteroatoms. The molecule has 2 aromatic rings. The van der Waals surface area contributed by atoms with E-state index in [0.29, 0.717) is 0 Å². The third kappa shape index (κ3) is 2.69. The average molecular weight is 254 g/mol. The van der Waals surface area contributed by atoms with Gasteiger partial charge >= 0.3 is 0 Å². The van der Waals surface area contributed by atoms with Crippen LogP contribution in [0.25, 0.3) is 0 Å². The first-order chi connectivity index (χ1) is 9.04. The number of benzene rings is 1. The minimum absolute atomic E-state index is 0.202. The molecule has 1 aromatic carbocycles. The summed E-state index contributed by atoms with van der Waals surface area (Å²) in [7, 11) is 2.01. The highest BCUT2D eigenvalue weighted by atomic mass is 14.9. The molecule has 0 amide bonds. The highest BCUT2D eigenvalue weighted by Gasteiger charge is 2.17. The molecular weight excluding hydrogens is 232 g/mol. The summed E-state index contributed by atoms with van der Waals surface area (Å²) in [6, 6.07) is 10.9. The summed E-state index contributed by atoms with van der Waals surface area (Å²) in [6.45, 7) is 8.46. The van der Waals surface area contributed by atoms with E-state index in [2.05, 4.69) is 61.4 Å². The number of aryl methyl sites for hydroxylation is 3. The fraction of sp³-hybridized carbons (Fsp3) is 0.353. The van der Waals surface area contributed by atoms with E-state index in [9.17, 15) is 0 Å². The van der Waals surface area contributed by atoms with Crippen molar-refractivity contribution in [1.29, 1.82) is 0 Å². The number of nitrogens with zero attached hydrogens (tertiary/aromatic N) is 1. The van der Waals surface area contributed by atoms with Crippen molar-refractivity contribution in [3.05, 3.63) is 64.0 Å². The first kappa shape index (κ1) is 13.8. The van der Waals surface area contributed by atoms with Gasteiger partial charge in [-0.3, -0.25) is 4.98 Å². The Labute approximate surface area is 115 Å². The van der Waals surface area contributed by atoms with Gasteiger partial charge in [-0.1, -0.05) is 24.3 Å². The van der Waals surface area contributed by atoms with Crippen LogP contribution in [0, 0.1) is 27.7 Å². The van der Waals surface area contributed by atoms with Crippen LogP contribution in [-0.2, 0) is 0 Å². The zero-order valence-electron chi connectivity index (χ0n) is 12.4. The molecule has 1 aromatic heterocycles. The second-order valence-electron chi connectivity index (χ2n) is 5.14. The number of hydrogen-bond donors (Lipinski definition) is 1. The Bertz CT molecular complexity index is 588. The summed E-state index contributed by atoms with van der Waals surface area (Å²) in [6.07, 6.45) is 0. The molecule has 1 atom stereocenters. The van der Waals surface area contributed by atoms with E-state index < -0.39 is 0 Å². The van der Waals surface area contributed by atoms with Crippen molar-refractivity contribution in [2.75, 3.05) is 7.05 Å². The fourth-order valence-electron chi connectivity index (χ4n) is 2.57. The first-order valence-corrected chi connectivity index (χ1v) is 6.72. The summed E-state index contributed by atoms with van der Waals surface area (Å²) < 4.78 is 0. The standard InChI is InChI=1S/C17H22N2/c1-11-7-6-8-15(13(11)3)17(18-5)16-10-9-12(2)19-14(16)4/h6-10,17-18H,1-5H3. The van der Waals surface area contributed by atoms with Crippen LogP contribution in [0.4, 0.5) is 0 Å². The van der Waals surface area contributed by atoms with Crippen LogP contribution in [-0.4, -0.2) is 12.0 Å². The van der Waals surface area contributed by atoms with Gasteiger partial charge in [0.05, 0.1) is 6.04 Å². The number of pyridine rings is 1. The van der Waals surface area contributed by atoms with E-state index >= 15 is 0 Å². The lowest BCUT2D eigenvalue weighted by atomic mass is 9.92. The topological polar surface area (TPSA) is 24.9 Å². The molecular formula is C17H22N2. The molecule has 0 bridgehead atoms. The molecule has 19 heavy (non-hydrogen) atoms. The molecule has 0 radical (unpaired) electrons. The van der Waals surface area contributed by atoms with Crippen LogP contribution in [0.5, 0.6) is 0 Å². The van der Waals surface area contributed by atoms with Gasteiger partial charge in [0.15, 0.2) is 0 Å². The number of rotatable bonds is 3. The van der Waals surface area contributed by atoms with Gasteiger partial charge in [-0.15, -0.1) is 0 Å². The number of aromatic nitrogens is 1. The van der Waals surface area contributed by atoms with Crippen LogP contribution in [0.3, 0.4) is 0 Å². The molecule has 0 aliphatic rings. The van der Waals surface area contributed by atoms with Crippen molar-refractivity contribution in [1.82, 2.24) is 10.3 Å². The summed E-state index contributed by atoms with van der Waals surface area (Å²) in [5.41, 5.74) is 7.42. The third-order valence-electron chi connectivity index (χ3n) is 3.82. The minimum Gasteiger partial charge on any atom is -0.309 e. The van der Waals surface area contributed by atoms with Crippen molar-refractivity contribution < 1.29 is 0 Å². The summed E-state index contributed by atoms with van der Waals surface area (Å²) in [4.78, 5) is 4.58. The summed E-state index contributed by atoms with van der Waals surface area (Å²) in [5.74, 6) is 0. The Kier molecular flexibility index (Phi) is 4.01. The van der Waals surface area contributed by atoms with Crippen LogP contribution in [0.2, 0.25) is 0 Å². The Hall–Kier alpha value is -1.67. The number of hydrogen-bond acceptors (Lipinski definition) is 2. The molecule has 0 spiro atoms.